The number of morpholine rings is 1. The van der Waals surface area contributed by atoms with Crippen LogP contribution in [0.15, 0.2) is 39.9 Å². The smallest absolute Gasteiger partial charge is 0.332 e. The van der Waals surface area contributed by atoms with Crippen molar-refractivity contribution in [3.8, 4) is 0 Å². The van der Waals surface area contributed by atoms with Gasteiger partial charge in [-0.1, -0.05) is 36.8 Å². The highest BCUT2D eigenvalue weighted by molar-refractivity contribution is 7.18. The predicted octanol–water partition coefficient (Wildman–Crippen LogP) is 2.87. The number of hydrogen-bond donors (Lipinski definition) is 0. The lowest BCUT2D eigenvalue weighted by Crippen LogP contribution is -2.43. The van der Waals surface area contributed by atoms with E-state index in [0.29, 0.717) is 13.1 Å². The number of thiophene rings is 1. The Hall–Kier alpha value is -2.22. The molecule has 0 atom stereocenters. The standard InChI is InChI=1S/C24H29N3O3S/c28-22-21-19-9-5-2-6-10-20(19)31-23(21)26(12-11-25-13-15-30-16-14-25)24(29)27(22)17-18-7-3-1-4-8-18/h1,3-4,7-8H,2,5-6,9-17H2. The van der Waals surface area contributed by atoms with Gasteiger partial charge in [-0.05, 0) is 36.8 Å². The number of ether oxygens (including phenoxy) is 1. The summed E-state index contributed by atoms with van der Waals surface area (Å²) in [5.74, 6) is 0. The first kappa shape index (κ1) is 20.7. The summed E-state index contributed by atoms with van der Waals surface area (Å²) in [5.41, 5.74) is 1.86. The van der Waals surface area contributed by atoms with Crippen LogP contribution in [0.1, 0.15) is 35.3 Å². The van der Waals surface area contributed by atoms with E-state index in [0.717, 1.165) is 74.3 Å². The van der Waals surface area contributed by atoms with Crippen molar-refractivity contribution in [2.45, 2.75) is 45.2 Å². The van der Waals surface area contributed by atoms with Gasteiger partial charge in [0, 0.05) is 31.1 Å². The van der Waals surface area contributed by atoms with Crippen LogP contribution < -0.4 is 11.2 Å². The maximum absolute atomic E-state index is 13.6. The lowest BCUT2D eigenvalue weighted by atomic mass is 10.1. The molecular weight excluding hydrogens is 410 g/mol. The minimum atomic E-state index is -0.189. The first-order chi connectivity index (χ1) is 15.2. The maximum Gasteiger partial charge on any atom is 0.332 e. The molecule has 0 N–H and O–H groups in total. The molecule has 3 heterocycles. The Balaban J connectivity index is 1.62. The highest BCUT2D eigenvalue weighted by atomic mass is 32.1. The average molecular weight is 440 g/mol. The van der Waals surface area contributed by atoms with Crippen molar-refractivity contribution in [3.63, 3.8) is 0 Å². The number of fused-ring (bicyclic) bond motifs is 3. The van der Waals surface area contributed by atoms with Crippen molar-refractivity contribution in [1.29, 1.82) is 0 Å². The van der Waals surface area contributed by atoms with Gasteiger partial charge in [-0.15, -0.1) is 11.3 Å². The van der Waals surface area contributed by atoms with Gasteiger partial charge in [-0.2, -0.15) is 0 Å². The predicted molar refractivity (Wildman–Crippen MR) is 124 cm³/mol. The van der Waals surface area contributed by atoms with E-state index in [1.165, 1.54) is 21.4 Å². The quantitative estimate of drug-likeness (QED) is 0.574. The molecule has 0 radical (unpaired) electrons. The molecule has 1 saturated heterocycles. The fraction of sp³-hybridized carbons (Fsp3) is 0.500. The zero-order valence-corrected chi connectivity index (χ0v) is 18.7. The number of aryl methyl sites for hydroxylation is 2. The van der Waals surface area contributed by atoms with Gasteiger partial charge in [0.1, 0.15) is 4.83 Å². The fourth-order valence-corrected chi connectivity index (χ4v) is 6.16. The Morgan fingerprint density at radius 1 is 0.903 bits per heavy atom. The fourth-order valence-electron chi connectivity index (χ4n) is 4.76. The second kappa shape index (κ2) is 9.10. The summed E-state index contributed by atoms with van der Waals surface area (Å²) in [6.45, 7) is 4.98. The first-order valence-corrected chi connectivity index (χ1v) is 12.2. The van der Waals surface area contributed by atoms with E-state index in [4.69, 9.17) is 4.74 Å². The molecule has 1 aliphatic carbocycles. The van der Waals surface area contributed by atoms with E-state index in [9.17, 15) is 9.59 Å². The minimum absolute atomic E-state index is 0.120. The van der Waals surface area contributed by atoms with Gasteiger partial charge in [0.05, 0.1) is 25.1 Å². The molecule has 2 aliphatic rings. The molecule has 1 aromatic carbocycles. The number of aromatic nitrogens is 2. The van der Waals surface area contributed by atoms with Crippen molar-refractivity contribution in [1.82, 2.24) is 14.0 Å². The highest BCUT2D eigenvalue weighted by Gasteiger charge is 2.23. The van der Waals surface area contributed by atoms with E-state index >= 15 is 0 Å². The Morgan fingerprint density at radius 2 is 1.68 bits per heavy atom. The molecule has 1 aliphatic heterocycles. The summed E-state index contributed by atoms with van der Waals surface area (Å²) < 4.78 is 8.78. The van der Waals surface area contributed by atoms with Gasteiger partial charge >= 0.3 is 5.69 Å². The van der Waals surface area contributed by atoms with E-state index < -0.39 is 0 Å². The van der Waals surface area contributed by atoms with Gasteiger partial charge in [0.25, 0.3) is 5.56 Å². The molecule has 5 rings (SSSR count). The van der Waals surface area contributed by atoms with Crippen molar-refractivity contribution in [3.05, 3.63) is 67.2 Å². The van der Waals surface area contributed by atoms with E-state index in [2.05, 4.69) is 4.90 Å². The molecule has 0 spiro atoms. The largest absolute Gasteiger partial charge is 0.379 e. The Bertz CT molecular complexity index is 1170. The third-order valence-corrected chi connectivity index (χ3v) is 7.81. The van der Waals surface area contributed by atoms with Crippen LogP contribution in [0.3, 0.4) is 0 Å². The molecular formula is C24H29N3O3S. The molecule has 31 heavy (non-hydrogen) atoms. The van der Waals surface area contributed by atoms with E-state index in [-0.39, 0.29) is 11.2 Å². The number of hydrogen-bond acceptors (Lipinski definition) is 5. The summed E-state index contributed by atoms with van der Waals surface area (Å²) in [5, 5.41) is 0.791. The van der Waals surface area contributed by atoms with Crippen LogP contribution >= 0.6 is 11.3 Å². The molecule has 0 amide bonds. The zero-order valence-electron chi connectivity index (χ0n) is 17.8. The normalized spacial score (nSPS) is 17.5. The molecule has 0 bridgehead atoms. The van der Waals surface area contributed by atoms with Crippen LogP contribution in [0.4, 0.5) is 0 Å². The zero-order chi connectivity index (χ0) is 21.2. The van der Waals surface area contributed by atoms with Crippen molar-refractivity contribution in [2.24, 2.45) is 0 Å². The van der Waals surface area contributed by atoms with Gasteiger partial charge < -0.3 is 4.74 Å². The van der Waals surface area contributed by atoms with E-state index in [1.807, 2.05) is 34.9 Å². The van der Waals surface area contributed by atoms with Crippen LogP contribution in [-0.2, 0) is 30.7 Å². The number of rotatable bonds is 5. The highest BCUT2D eigenvalue weighted by Crippen LogP contribution is 2.33. The van der Waals surface area contributed by atoms with Gasteiger partial charge in [0.2, 0.25) is 0 Å². The second-order valence-electron chi connectivity index (χ2n) is 8.51. The van der Waals surface area contributed by atoms with Gasteiger partial charge in [-0.25, -0.2) is 4.79 Å². The van der Waals surface area contributed by atoms with E-state index in [1.54, 1.807) is 11.3 Å². The second-order valence-corrected chi connectivity index (χ2v) is 9.59. The Kier molecular flexibility index (Phi) is 6.07. The minimum Gasteiger partial charge on any atom is -0.379 e. The van der Waals surface area contributed by atoms with Crippen molar-refractivity contribution < 1.29 is 4.74 Å². The molecule has 0 unspecified atom stereocenters. The van der Waals surface area contributed by atoms with Crippen LogP contribution in [0.2, 0.25) is 0 Å². The third kappa shape index (κ3) is 4.14. The summed E-state index contributed by atoms with van der Waals surface area (Å²) in [7, 11) is 0. The van der Waals surface area contributed by atoms with Crippen molar-refractivity contribution >= 4 is 21.6 Å². The van der Waals surface area contributed by atoms with Gasteiger partial charge in [0.15, 0.2) is 0 Å². The molecule has 2 aromatic heterocycles. The lowest BCUT2D eigenvalue weighted by molar-refractivity contribution is 0.0363. The first-order valence-electron chi connectivity index (χ1n) is 11.3. The molecule has 7 heteroatoms. The summed E-state index contributed by atoms with van der Waals surface area (Å²) >= 11 is 1.68. The average Bonchev–Trinajstić information content (AvgIpc) is 3.00. The molecule has 1 fully saturated rings. The number of nitrogens with zero attached hydrogens (tertiary/aromatic N) is 3. The van der Waals surface area contributed by atoms with Gasteiger partial charge in [-0.3, -0.25) is 18.8 Å². The topological polar surface area (TPSA) is 56.5 Å². The Labute approximate surface area is 185 Å². The molecule has 0 saturated carbocycles. The molecule has 3 aromatic rings. The third-order valence-electron chi connectivity index (χ3n) is 6.50. The molecule has 6 nitrogen and oxygen atoms in total. The SMILES string of the molecule is O=c1c2c3c(sc2n(CCN2CCOCC2)c(=O)n1Cc1ccccc1)CCCCC3. The van der Waals surface area contributed by atoms with Crippen LogP contribution in [0.5, 0.6) is 0 Å². The number of benzene rings is 1. The Morgan fingerprint density at radius 3 is 2.48 bits per heavy atom. The monoisotopic (exact) mass is 439 g/mol. The summed E-state index contributed by atoms with van der Waals surface area (Å²) in [6.07, 6.45) is 5.44. The summed E-state index contributed by atoms with van der Waals surface area (Å²) in [6, 6.07) is 9.80. The lowest BCUT2D eigenvalue weighted by Gasteiger charge is -2.26. The van der Waals surface area contributed by atoms with Crippen LogP contribution in [-0.4, -0.2) is 46.9 Å². The van der Waals surface area contributed by atoms with Crippen LogP contribution in [0, 0.1) is 0 Å². The summed E-state index contributed by atoms with van der Waals surface area (Å²) in [4.78, 5) is 31.7. The van der Waals surface area contributed by atoms with Crippen LogP contribution in [0.25, 0.3) is 10.2 Å². The maximum atomic E-state index is 13.6. The molecule has 164 valence electrons. The van der Waals surface area contributed by atoms with Crippen molar-refractivity contribution in [2.75, 3.05) is 32.8 Å².